The van der Waals surface area contributed by atoms with Crippen molar-refractivity contribution in [3.05, 3.63) is 125 Å². The fraction of sp³-hybridized carbons (Fsp3) is 0.0741. The van der Waals surface area contributed by atoms with Crippen molar-refractivity contribution < 1.29 is 4.74 Å². The van der Waals surface area contributed by atoms with Crippen LogP contribution in [0.4, 0.5) is 11.4 Å². The van der Waals surface area contributed by atoms with Crippen LogP contribution in [-0.4, -0.2) is 12.9 Å². The van der Waals surface area contributed by atoms with E-state index in [1.54, 1.807) is 7.11 Å². The lowest BCUT2D eigenvalue weighted by atomic mass is 10.1. The zero-order valence-corrected chi connectivity index (χ0v) is 18.4. The lowest BCUT2D eigenvalue weighted by Gasteiger charge is -2.32. The molecule has 0 saturated carbocycles. The maximum atomic E-state index is 6.21. The van der Waals surface area contributed by atoms with E-state index in [0.717, 1.165) is 34.1 Å². The molecule has 0 fully saturated rings. The average Bonchev–Trinajstić information content (AvgIpc) is 3.26. The van der Waals surface area contributed by atoms with Crippen LogP contribution in [0.5, 0.6) is 5.75 Å². The van der Waals surface area contributed by atoms with Crippen molar-refractivity contribution in [3.63, 3.8) is 0 Å². The Hall–Kier alpha value is -3.76. The second kappa shape index (κ2) is 8.77. The Balaban J connectivity index is 1.70. The molecule has 0 radical (unpaired) electrons. The van der Waals surface area contributed by atoms with Gasteiger partial charge in [-0.15, -0.1) is 0 Å². The molecule has 0 unspecified atom stereocenters. The van der Waals surface area contributed by atoms with Crippen molar-refractivity contribution in [2.45, 2.75) is 6.17 Å². The number of amidine groups is 1. The Morgan fingerprint density at radius 1 is 0.719 bits per heavy atom. The SMILES string of the molecule is COc1ccc(N2C(c3ccccc3)=NN(c3ccccc3)[C@@H]2c2ccc(Cl)cc2)cc1. The fourth-order valence-corrected chi connectivity index (χ4v) is 4.05. The van der Waals surface area contributed by atoms with Gasteiger partial charge >= 0.3 is 0 Å². The van der Waals surface area contributed by atoms with Crippen molar-refractivity contribution >= 4 is 28.8 Å². The minimum atomic E-state index is -0.182. The number of anilines is 2. The standard InChI is InChI=1S/C27H22ClN3O/c1-32-25-18-16-23(17-19-25)30-26(20-8-4-2-5-9-20)29-31(24-10-6-3-7-11-24)27(30)21-12-14-22(28)15-13-21/h2-19,27H,1H3/t27-/m1/s1. The van der Waals surface area contributed by atoms with Crippen LogP contribution in [0.3, 0.4) is 0 Å². The summed E-state index contributed by atoms with van der Waals surface area (Å²) in [6.07, 6.45) is -0.182. The summed E-state index contributed by atoms with van der Waals surface area (Å²) in [5.41, 5.74) is 4.16. The van der Waals surface area contributed by atoms with Crippen LogP contribution in [0.25, 0.3) is 0 Å². The van der Waals surface area contributed by atoms with E-state index in [9.17, 15) is 0 Å². The van der Waals surface area contributed by atoms with Crippen LogP contribution in [0, 0.1) is 0 Å². The van der Waals surface area contributed by atoms with Gasteiger partial charge in [-0.25, -0.2) is 5.01 Å². The Morgan fingerprint density at radius 2 is 1.34 bits per heavy atom. The zero-order valence-electron chi connectivity index (χ0n) is 17.6. The first kappa shape index (κ1) is 20.2. The number of hydrazone groups is 1. The van der Waals surface area contributed by atoms with Gasteiger partial charge in [-0.05, 0) is 54.1 Å². The number of hydrogen-bond donors (Lipinski definition) is 0. The predicted octanol–water partition coefficient (Wildman–Crippen LogP) is 6.74. The quantitative estimate of drug-likeness (QED) is 0.345. The summed E-state index contributed by atoms with van der Waals surface area (Å²) in [5.74, 6) is 1.69. The van der Waals surface area contributed by atoms with E-state index in [-0.39, 0.29) is 6.17 Å². The highest BCUT2D eigenvalue weighted by atomic mass is 35.5. The van der Waals surface area contributed by atoms with Gasteiger partial charge in [0.25, 0.3) is 0 Å². The van der Waals surface area contributed by atoms with Crippen LogP contribution < -0.4 is 14.6 Å². The molecule has 4 nitrogen and oxygen atoms in total. The third-order valence-corrected chi connectivity index (χ3v) is 5.73. The maximum absolute atomic E-state index is 6.21. The van der Waals surface area contributed by atoms with Gasteiger partial charge in [-0.2, -0.15) is 5.10 Å². The Morgan fingerprint density at radius 3 is 1.97 bits per heavy atom. The first-order chi connectivity index (χ1) is 15.7. The van der Waals surface area contributed by atoms with Crippen LogP contribution >= 0.6 is 11.6 Å². The number of methoxy groups -OCH3 is 1. The Bertz CT molecular complexity index is 1210. The number of para-hydroxylation sites is 1. The van der Waals surface area contributed by atoms with Crippen LogP contribution in [0.15, 0.2) is 114 Å². The molecule has 0 aliphatic carbocycles. The molecule has 0 N–H and O–H groups in total. The van der Waals surface area contributed by atoms with Crippen molar-refractivity contribution in [1.82, 2.24) is 0 Å². The summed E-state index contributed by atoms with van der Waals surface area (Å²) in [4.78, 5) is 2.25. The van der Waals surface area contributed by atoms with Crippen LogP contribution in [0.2, 0.25) is 5.02 Å². The molecule has 1 heterocycles. The minimum Gasteiger partial charge on any atom is -0.497 e. The largest absolute Gasteiger partial charge is 0.497 e. The lowest BCUT2D eigenvalue weighted by Crippen LogP contribution is -2.35. The van der Waals surface area contributed by atoms with E-state index in [0.29, 0.717) is 5.02 Å². The van der Waals surface area contributed by atoms with E-state index >= 15 is 0 Å². The summed E-state index contributed by atoms with van der Waals surface area (Å²) in [6.45, 7) is 0. The van der Waals surface area contributed by atoms with Crippen molar-refractivity contribution in [3.8, 4) is 5.75 Å². The molecule has 1 aliphatic rings. The molecule has 0 saturated heterocycles. The second-order valence-corrected chi connectivity index (χ2v) is 7.90. The molecule has 5 heteroatoms. The van der Waals surface area contributed by atoms with Gasteiger partial charge in [0, 0.05) is 16.3 Å². The minimum absolute atomic E-state index is 0.182. The van der Waals surface area contributed by atoms with Crippen LogP contribution in [-0.2, 0) is 0 Å². The molecule has 4 aromatic rings. The lowest BCUT2D eigenvalue weighted by molar-refractivity contribution is 0.415. The summed E-state index contributed by atoms with van der Waals surface area (Å²) in [6, 6.07) is 36.5. The Labute approximate surface area is 192 Å². The molecule has 4 aromatic carbocycles. The maximum Gasteiger partial charge on any atom is 0.162 e. The molecule has 5 rings (SSSR count). The number of ether oxygens (including phenoxy) is 1. The third kappa shape index (κ3) is 3.81. The van der Waals surface area contributed by atoms with E-state index in [2.05, 4.69) is 58.4 Å². The molecule has 0 spiro atoms. The number of hydrogen-bond acceptors (Lipinski definition) is 4. The van der Waals surface area contributed by atoms with E-state index in [1.807, 2.05) is 60.7 Å². The number of benzene rings is 4. The predicted molar refractivity (Wildman–Crippen MR) is 132 cm³/mol. The van der Waals surface area contributed by atoms with Gasteiger partial charge in [0.05, 0.1) is 12.8 Å². The second-order valence-electron chi connectivity index (χ2n) is 7.46. The van der Waals surface area contributed by atoms with Gasteiger partial charge in [-0.3, -0.25) is 4.90 Å². The molecule has 1 atom stereocenters. The van der Waals surface area contributed by atoms with Gasteiger partial charge in [0.1, 0.15) is 5.75 Å². The summed E-state index contributed by atoms with van der Waals surface area (Å²) in [7, 11) is 1.68. The van der Waals surface area contributed by atoms with Gasteiger partial charge in [0.15, 0.2) is 12.0 Å². The van der Waals surface area contributed by atoms with Crippen molar-refractivity contribution in [2.24, 2.45) is 5.10 Å². The molecule has 0 bridgehead atoms. The topological polar surface area (TPSA) is 28.1 Å². The first-order valence-electron chi connectivity index (χ1n) is 10.4. The highest BCUT2D eigenvalue weighted by Gasteiger charge is 2.37. The Kier molecular flexibility index (Phi) is 5.53. The monoisotopic (exact) mass is 439 g/mol. The van der Waals surface area contributed by atoms with E-state index in [4.69, 9.17) is 21.4 Å². The number of halogens is 1. The molecular weight excluding hydrogens is 418 g/mol. The summed E-state index contributed by atoms with van der Waals surface area (Å²) >= 11 is 6.21. The molecule has 32 heavy (non-hydrogen) atoms. The van der Waals surface area contributed by atoms with E-state index in [1.165, 1.54) is 0 Å². The van der Waals surface area contributed by atoms with Gasteiger partial charge < -0.3 is 4.74 Å². The third-order valence-electron chi connectivity index (χ3n) is 5.48. The van der Waals surface area contributed by atoms with Crippen LogP contribution in [0.1, 0.15) is 17.3 Å². The molecule has 0 amide bonds. The smallest absolute Gasteiger partial charge is 0.162 e. The molecule has 0 aromatic heterocycles. The zero-order chi connectivity index (χ0) is 21.9. The fourth-order valence-electron chi connectivity index (χ4n) is 3.93. The highest BCUT2D eigenvalue weighted by Crippen LogP contribution is 2.40. The van der Waals surface area contributed by atoms with Gasteiger partial charge in [-0.1, -0.05) is 72.3 Å². The molecular formula is C27H22ClN3O. The molecule has 1 aliphatic heterocycles. The van der Waals surface area contributed by atoms with E-state index < -0.39 is 0 Å². The number of rotatable bonds is 5. The molecule has 158 valence electrons. The first-order valence-corrected chi connectivity index (χ1v) is 10.8. The summed E-state index contributed by atoms with van der Waals surface area (Å²) in [5, 5.41) is 7.89. The average molecular weight is 440 g/mol. The normalized spacial score (nSPS) is 15.6. The van der Waals surface area contributed by atoms with Crippen molar-refractivity contribution in [1.29, 1.82) is 0 Å². The highest BCUT2D eigenvalue weighted by molar-refractivity contribution is 6.30. The van der Waals surface area contributed by atoms with Gasteiger partial charge in [0.2, 0.25) is 0 Å². The van der Waals surface area contributed by atoms with Crippen molar-refractivity contribution in [2.75, 3.05) is 17.0 Å². The summed E-state index contributed by atoms with van der Waals surface area (Å²) < 4.78 is 5.38. The number of nitrogens with zero attached hydrogens (tertiary/aromatic N) is 3.